The van der Waals surface area contributed by atoms with E-state index < -0.39 is 10.0 Å². The summed E-state index contributed by atoms with van der Waals surface area (Å²) in [5, 5.41) is 4.35. The van der Waals surface area contributed by atoms with E-state index in [0.717, 1.165) is 18.7 Å². The number of likely N-dealkylation sites (tertiary alicyclic amines) is 1. The van der Waals surface area contributed by atoms with Crippen molar-refractivity contribution in [2.45, 2.75) is 30.3 Å². The summed E-state index contributed by atoms with van der Waals surface area (Å²) in [6.45, 7) is 1.84. The minimum absolute atomic E-state index is 0.136. The number of sulfonamides is 1. The standard InChI is InChI=1S/C17H20N4O3S/c22-17-7-4-10-19(17)11-15-13-20(12-14-8-9-18-21(14)15)25(23,24)16-5-2-1-3-6-16/h1-3,5-6,8-9,15H,4,7,10-13H2. The van der Waals surface area contributed by atoms with Gasteiger partial charge in [0.1, 0.15) is 0 Å². The maximum Gasteiger partial charge on any atom is 0.243 e. The summed E-state index contributed by atoms with van der Waals surface area (Å²) in [6, 6.07) is 10.1. The Bertz CT molecular complexity index is 878. The fourth-order valence-corrected chi connectivity index (χ4v) is 5.03. The number of hydrogen-bond acceptors (Lipinski definition) is 4. The SMILES string of the molecule is O=C1CCCN1CC1CN(S(=O)(=O)c2ccccc2)Cc2ccnn21. The maximum absolute atomic E-state index is 13.0. The Labute approximate surface area is 146 Å². The highest BCUT2D eigenvalue weighted by Gasteiger charge is 2.35. The van der Waals surface area contributed by atoms with Crippen molar-refractivity contribution in [3.8, 4) is 0 Å². The number of fused-ring (bicyclic) bond motifs is 1. The molecule has 7 nitrogen and oxygen atoms in total. The second kappa shape index (κ2) is 6.27. The molecule has 2 aliphatic rings. The summed E-state index contributed by atoms with van der Waals surface area (Å²) in [7, 11) is -3.57. The monoisotopic (exact) mass is 360 g/mol. The smallest absolute Gasteiger partial charge is 0.243 e. The lowest BCUT2D eigenvalue weighted by molar-refractivity contribution is -0.128. The molecule has 4 rings (SSSR count). The summed E-state index contributed by atoms with van der Waals surface area (Å²) < 4.78 is 29.3. The first kappa shape index (κ1) is 16.3. The molecule has 0 bridgehead atoms. The van der Waals surface area contributed by atoms with Crippen molar-refractivity contribution in [3.05, 3.63) is 48.3 Å². The fraction of sp³-hybridized carbons (Fsp3) is 0.412. The normalized spacial score (nSPS) is 21.5. The van der Waals surface area contributed by atoms with Crippen molar-refractivity contribution in [1.82, 2.24) is 19.0 Å². The van der Waals surface area contributed by atoms with E-state index in [9.17, 15) is 13.2 Å². The van der Waals surface area contributed by atoms with E-state index in [2.05, 4.69) is 5.10 Å². The van der Waals surface area contributed by atoms with Crippen LogP contribution >= 0.6 is 0 Å². The molecule has 1 aromatic heterocycles. The second-order valence-corrected chi connectivity index (χ2v) is 8.41. The van der Waals surface area contributed by atoms with Crippen LogP contribution in [0.25, 0.3) is 0 Å². The molecule has 1 fully saturated rings. The number of nitrogens with zero attached hydrogens (tertiary/aromatic N) is 4. The molecule has 1 atom stereocenters. The molecule has 0 N–H and O–H groups in total. The Morgan fingerprint density at radius 3 is 2.68 bits per heavy atom. The van der Waals surface area contributed by atoms with Gasteiger partial charge in [-0.3, -0.25) is 9.48 Å². The first-order valence-electron chi connectivity index (χ1n) is 8.41. The Kier molecular flexibility index (Phi) is 4.09. The molecule has 1 aromatic carbocycles. The van der Waals surface area contributed by atoms with Gasteiger partial charge < -0.3 is 4.90 Å². The van der Waals surface area contributed by atoms with Gasteiger partial charge >= 0.3 is 0 Å². The van der Waals surface area contributed by atoms with Crippen LogP contribution in [0.4, 0.5) is 0 Å². The van der Waals surface area contributed by atoms with Gasteiger partial charge in [-0.25, -0.2) is 8.42 Å². The molecule has 1 amide bonds. The molecule has 8 heteroatoms. The highest BCUT2D eigenvalue weighted by atomic mass is 32.2. The van der Waals surface area contributed by atoms with E-state index in [0.29, 0.717) is 31.0 Å². The molecule has 2 aromatic rings. The van der Waals surface area contributed by atoms with Crippen LogP contribution in [0.1, 0.15) is 24.6 Å². The van der Waals surface area contributed by atoms with Gasteiger partial charge in [0.2, 0.25) is 15.9 Å². The summed E-state index contributed by atoms with van der Waals surface area (Å²) in [6.07, 6.45) is 3.13. The molecule has 1 saturated heterocycles. The number of hydrogen-bond donors (Lipinski definition) is 0. The van der Waals surface area contributed by atoms with Crippen LogP contribution in [0.5, 0.6) is 0 Å². The van der Waals surface area contributed by atoms with Gasteiger partial charge in [0.15, 0.2) is 0 Å². The quantitative estimate of drug-likeness (QED) is 0.822. The summed E-state index contributed by atoms with van der Waals surface area (Å²) in [5.74, 6) is 0.136. The fourth-order valence-electron chi connectivity index (χ4n) is 3.56. The van der Waals surface area contributed by atoms with Crippen LogP contribution in [0, 0.1) is 0 Å². The number of carbonyl (C=O) groups is 1. The highest BCUT2D eigenvalue weighted by Crippen LogP contribution is 2.27. The first-order valence-corrected chi connectivity index (χ1v) is 9.85. The van der Waals surface area contributed by atoms with Gasteiger partial charge in [0.25, 0.3) is 0 Å². The lowest BCUT2D eigenvalue weighted by Crippen LogP contribution is -2.45. The molecule has 0 aliphatic carbocycles. The minimum Gasteiger partial charge on any atom is -0.340 e. The van der Waals surface area contributed by atoms with Gasteiger partial charge in [-0.1, -0.05) is 18.2 Å². The van der Waals surface area contributed by atoms with Crippen LogP contribution < -0.4 is 0 Å². The lowest BCUT2D eigenvalue weighted by Gasteiger charge is -2.35. The molecule has 132 valence electrons. The van der Waals surface area contributed by atoms with Crippen molar-refractivity contribution in [1.29, 1.82) is 0 Å². The Balaban J connectivity index is 1.63. The van der Waals surface area contributed by atoms with Crippen molar-refractivity contribution in [2.75, 3.05) is 19.6 Å². The van der Waals surface area contributed by atoms with E-state index in [-0.39, 0.29) is 11.9 Å². The average Bonchev–Trinajstić information content (AvgIpc) is 3.25. The highest BCUT2D eigenvalue weighted by molar-refractivity contribution is 7.89. The van der Waals surface area contributed by atoms with E-state index >= 15 is 0 Å². The zero-order valence-corrected chi connectivity index (χ0v) is 14.6. The predicted molar refractivity (Wildman–Crippen MR) is 91.1 cm³/mol. The Morgan fingerprint density at radius 1 is 1.16 bits per heavy atom. The van der Waals surface area contributed by atoms with Crippen molar-refractivity contribution < 1.29 is 13.2 Å². The number of amides is 1. The lowest BCUT2D eigenvalue weighted by atomic mass is 10.2. The first-order chi connectivity index (χ1) is 12.1. The largest absolute Gasteiger partial charge is 0.340 e. The number of aromatic nitrogens is 2. The topological polar surface area (TPSA) is 75.5 Å². The predicted octanol–water partition coefficient (Wildman–Crippen LogP) is 1.25. The van der Waals surface area contributed by atoms with E-state index in [4.69, 9.17) is 0 Å². The molecule has 2 aliphatic heterocycles. The van der Waals surface area contributed by atoms with Gasteiger partial charge in [-0.05, 0) is 24.6 Å². The number of carbonyl (C=O) groups excluding carboxylic acids is 1. The molecule has 3 heterocycles. The zero-order valence-electron chi connectivity index (χ0n) is 13.8. The number of rotatable bonds is 4. The molecule has 0 spiro atoms. The molecule has 0 radical (unpaired) electrons. The van der Waals surface area contributed by atoms with E-state index in [1.807, 2.05) is 15.6 Å². The van der Waals surface area contributed by atoms with E-state index in [1.165, 1.54) is 4.31 Å². The third-order valence-corrected chi connectivity index (χ3v) is 6.66. The summed E-state index contributed by atoms with van der Waals surface area (Å²) in [5.41, 5.74) is 0.849. The van der Waals surface area contributed by atoms with Crippen molar-refractivity contribution >= 4 is 15.9 Å². The van der Waals surface area contributed by atoms with Gasteiger partial charge in [-0.2, -0.15) is 9.40 Å². The van der Waals surface area contributed by atoms with Crippen LogP contribution in [0.2, 0.25) is 0 Å². The maximum atomic E-state index is 13.0. The van der Waals surface area contributed by atoms with Crippen LogP contribution in [-0.4, -0.2) is 52.9 Å². The second-order valence-electron chi connectivity index (χ2n) is 6.47. The minimum atomic E-state index is -3.57. The molecular formula is C17H20N4O3S. The third-order valence-electron chi connectivity index (χ3n) is 4.83. The van der Waals surface area contributed by atoms with Gasteiger partial charge in [0.05, 0.1) is 23.2 Å². The van der Waals surface area contributed by atoms with Crippen molar-refractivity contribution in [3.63, 3.8) is 0 Å². The Hall–Kier alpha value is -2.19. The van der Waals surface area contributed by atoms with Crippen molar-refractivity contribution in [2.24, 2.45) is 0 Å². The molecule has 1 unspecified atom stereocenters. The molecule has 0 saturated carbocycles. The van der Waals surface area contributed by atoms with Gasteiger partial charge in [0, 0.05) is 32.3 Å². The molecule has 25 heavy (non-hydrogen) atoms. The van der Waals surface area contributed by atoms with Crippen LogP contribution in [0.15, 0.2) is 47.5 Å². The summed E-state index contributed by atoms with van der Waals surface area (Å²) >= 11 is 0. The number of benzene rings is 1. The van der Waals surface area contributed by atoms with Crippen LogP contribution in [0.3, 0.4) is 0 Å². The van der Waals surface area contributed by atoms with Gasteiger partial charge in [-0.15, -0.1) is 0 Å². The summed E-state index contributed by atoms with van der Waals surface area (Å²) in [4.78, 5) is 14.1. The zero-order chi connectivity index (χ0) is 17.4. The average molecular weight is 360 g/mol. The molecular weight excluding hydrogens is 340 g/mol. The third kappa shape index (κ3) is 2.96. The van der Waals surface area contributed by atoms with Crippen LogP contribution in [-0.2, 0) is 21.4 Å². The Morgan fingerprint density at radius 2 is 1.96 bits per heavy atom. The van der Waals surface area contributed by atoms with E-state index in [1.54, 1.807) is 36.5 Å².